The SMILES string of the molecule is CC(C)(C)C12CN(C(=O)O)CCC1CN2c1ccc(Cl)nc1. The molecule has 0 radical (unpaired) electrons. The number of rotatable bonds is 1. The number of aromatic nitrogens is 1. The molecule has 120 valence electrons. The second-order valence-corrected chi connectivity index (χ2v) is 7.70. The lowest BCUT2D eigenvalue weighted by atomic mass is 9.57. The normalized spacial score (nSPS) is 28.1. The van der Waals surface area contributed by atoms with E-state index in [-0.39, 0.29) is 11.0 Å². The molecule has 2 fully saturated rings. The van der Waals surface area contributed by atoms with Gasteiger partial charge in [-0.25, -0.2) is 9.78 Å². The van der Waals surface area contributed by atoms with Crippen LogP contribution in [0.25, 0.3) is 0 Å². The zero-order valence-electron chi connectivity index (χ0n) is 13.2. The van der Waals surface area contributed by atoms with Gasteiger partial charge in [0.15, 0.2) is 0 Å². The van der Waals surface area contributed by atoms with E-state index in [1.807, 2.05) is 6.07 Å². The fourth-order valence-corrected chi connectivity index (χ4v) is 4.26. The Balaban J connectivity index is 1.98. The fourth-order valence-electron chi connectivity index (χ4n) is 4.15. The average molecular weight is 324 g/mol. The Labute approximate surface area is 135 Å². The molecule has 5 nitrogen and oxygen atoms in total. The molecule has 0 aromatic carbocycles. The first kappa shape index (κ1) is 15.4. The molecule has 2 aliphatic heterocycles. The van der Waals surface area contributed by atoms with Crippen molar-refractivity contribution in [2.45, 2.75) is 32.7 Å². The predicted octanol–water partition coefficient (Wildman–Crippen LogP) is 3.34. The highest BCUT2D eigenvalue weighted by Gasteiger charge is 2.62. The molecule has 3 heterocycles. The molecule has 1 aromatic heterocycles. The van der Waals surface area contributed by atoms with Crippen molar-refractivity contribution in [2.24, 2.45) is 11.3 Å². The summed E-state index contributed by atoms with van der Waals surface area (Å²) in [5.41, 5.74) is 0.797. The van der Waals surface area contributed by atoms with Crippen LogP contribution in [0.2, 0.25) is 5.15 Å². The zero-order chi connectivity index (χ0) is 16.1. The lowest BCUT2D eigenvalue weighted by Crippen LogP contribution is -2.79. The first-order chi connectivity index (χ1) is 10.3. The number of amides is 1. The van der Waals surface area contributed by atoms with Gasteiger partial charge in [-0.1, -0.05) is 32.4 Å². The Morgan fingerprint density at radius 2 is 2.18 bits per heavy atom. The number of fused-ring (bicyclic) bond motifs is 1. The van der Waals surface area contributed by atoms with E-state index >= 15 is 0 Å². The van der Waals surface area contributed by atoms with Crippen LogP contribution in [0.4, 0.5) is 10.5 Å². The van der Waals surface area contributed by atoms with Crippen molar-refractivity contribution in [1.82, 2.24) is 9.88 Å². The molecule has 1 N–H and O–H groups in total. The average Bonchev–Trinajstić information content (AvgIpc) is 2.40. The van der Waals surface area contributed by atoms with Crippen LogP contribution < -0.4 is 4.90 Å². The number of carbonyl (C=O) groups is 1. The van der Waals surface area contributed by atoms with Gasteiger partial charge in [0.2, 0.25) is 0 Å². The molecule has 2 saturated heterocycles. The Hall–Kier alpha value is -1.49. The van der Waals surface area contributed by atoms with Crippen molar-refractivity contribution >= 4 is 23.4 Å². The lowest BCUT2D eigenvalue weighted by Gasteiger charge is -2.68. The van der Waals surface area contributed by atoms with Crippen molar-refractivity contribution in [3.05, 3.63) is 23.5 Å². The second kappa shape index (κ2) is 5.01. The molecule has 2 unspecified atom stereocenters. The van der Waals surface area contributed by atoms with Crippen molar-refractivity contribution in [2.75, 3.05) is 24.5 Å². The Bertz CT molecular complexity index is 584. The third-order valence-corrected chi connectivity index (χ3v) is 5.56. The molecule has 2 aliphatic rings. The van der Waals surface area contributed by atoms with Gasteiger partial charge in [-0.15, -0.1) is 0 Å². The summed E-state index contributed by atoms with van der Waals surface area (Å²) < 4.78 is 0. The molecule has 6 heteroatoms. The Morgan fingerprint density at radius 3 is 2.73 bits per heavy atom. The standard InChI is InChI=1S/C16H22ClN3O2/c1-15(2,3)16-10-19(14(21)22)7-6-11(16)9-20(16)12-4-5-13(17)18-8-12/h4-5,8,11H,6-7,9-10H2,1-3H3,(H,21,22). The van der Waals surface area contributed by atoms with Crippen molar-refractivity contribution < 1.29 is 9.90 Å². The van der Waals surface area contributed by atoms with Crippen LogP contribution in [0, 0.1) is 11.3 Å². The summed E-state index contributed by atoms with van der Waals surface area (Å²) in [5, 5.41) is 9.89. The molecule has 3 rings (SSSR count). The molecule has 1 aromatic rings. The molecule has 2 atom stereocenters. The summed E-state index contributed by atoms with van der Waals surface area (Å²) in [4.78, 5) is 19.5. The van der Waals surface area contributed by atoms with Crippen LogP contribution >= 0.6 is 11.6 Å². The van der Waals surface area contributed by atoms with Crippen molar-refractivity contribution in [3.63, 3.8) is 0 Å². The summed E-state index contributed by atoms with van der Waals surface area (Å²) in [7, 11) is 0. The molecule has 0 bridgehead atoms. The molecular formula is C16H22ClN3O2. The number of likely N-dealkylation sites (tertiary alicyclic amines) is 1. The highest BCUT2D eigenvalue weighted by molar-refractivity contribution is 6.29. The van der Waals surface area contributed by atoms with Crippen LogP contribution in [0.15, 0.2) is 18.3 Å². The topological polar surface area (TPSA) is 56.7 Å². The second-order valence-electron chi connectivity index (χ2n) is 7.31. The largest absolute Gasteiger partial charge is 0.465 e. The number of pyridine rings is 1. The summed E-state index contributed by atoms with van der Waals surface area (Å²) in [5.74, 6) is 0.513. The van der Waals surface area contributed by atoms with Gasteiger partial charge < -0.3 is 14.9 Å². The van der Waals surface area contributed by atoms with Gasteiger partial charge in [0, 0.05) is 25.6 Å². The fraction of sp³-hybridized carbons (Fsp3) is 0.625. The number of nitrogens with zero attached hydrogens (tertiary/aromatic N) is 3. The maximum absolute atomic E-state index is 11.5. The predicted molar refractivity (Wildman–Crippen MR) is 86.5 cm³/mol. The van der Waals surface area contributed by atoms with Crippen LogP contribution in [-0.4, -0.2) is 46.3 Å². The third-order valence-electron chi connectivity index (χ3n) is 5.33. The first-order valence-corrected chi connectivity index (χ1v) is 8.00. The van der Waals surface area contributed by atoms with Gasteiger partial charge >= 0.3 is 6.09 Å². The maximum atomic E-state index is 11.5. The first-order valence-electron chi connectivity index (χ1n) is 7.63. The molecule has 0 spiro atoms. The Morgan fingerprint density at radius 1 is 1.45 bits per heavy atom. The van der Waals surface area contributed by atoms with Crippen LogP contribution in [-0.2, 0) is 0 Å². The van der Waals surface area contributed by atoms with Crippen LogP contribution in [0.5, 0.6) is 0 Å². The van der Waals surface area contributed by atoms with E-state index in [4.69, 9.17) is 11.6 Å². The minimum absolute atomic E-state index is 0.0380. The minimum atomic E-state index is -0.830. The number of anilines is 1. The zero-order valence-corrected chi connectivity index (χ0v) is 14.0. The maximum Gasteiger partial charge on any atom is 0.407 e. The quantitative estimate of drug-likeness (QED) is 0.805. The lowest BCUT2D eigenvalue weighted by molar-refractivity contribution is -0.0311. The van der Waals surface area contributed by atoms with Gasteiger partial charge in [-0.3, -0.25) is 0 Å². The third kappa shape index (κ3) is 2.14. The highest BCUT2D eigenvalue weighted by atomic mass is 35.5. The molecule has 0 aliphatic carbocycles. The summed E-state index contributed by atoms with van der Waals surface area (Å²) >= 11 is 5.89. The molecular weight excluding hydrogens is 302 g/mol. The van der Waals surface area contributed by atoms with Crippen molar-refractivity contribution in [3.8, 4) is 0 Å². The van der Waals surface area contributed by atoms with E-state index in [0.29, 0.717) is 24.2 Å². The van der Waals surface area contributed by atoms with Gasteiger partial charge in [0.1, 0.15) is 5.15 Å². The van der Waals surface area contributed by atoms with E-state index in [0.717, 1.165) is 18.7 Å². The van der Waals surface area contributed by atoms with Crippen molar-refractivity contribution in [1.29, 1.82) is 0 Å². The van der Waals surface area contributed by atoms with Gasteiger partial charge in [-0.2, -0.15) is 0 Å². The highest BCUT2D eigenvalue weighted by Crippen LogP contribution is 2.54. The van der Waals surface area contributed by atoms with E-state index in [9.17, 15) is 9.90 Å². The van der Waals surface area contributed by atoms with E-state index < -0.39 is 6.09 Å². The van der Waals surface area contributed by atoms with E-state index in [2.05, 4.69) is 30.7 Å². The number of halogens is 1. The molecule has 22 heavy (non-hydrogen) atoms. The van der Waals surface area contributed by atoms with Gasteiger partial charge in [0.25, 0.3) is 0 Å². The summed E-state index contributed by atoms with van der Waals surface area (Å²) in [6.07, 6.45) is 1.87. The number of hydrogen-bond donors (Lipinski definition) is 1. The molecule has 0 saturated carbocycles. The minimum Gasteiger partial charge on any atom is -0.465 e. The summed E-state index contributed by atoms with van der Waals surface area (Å²) in [6, 6.07) is 3.76. The number of hydrogen-bond acceptors (Lipinski definition) is 3. The van der Waals surface area contributed by atoms with Crippen LogP contribution in [0.3, 0.4) is 0 Å². The van der Waals surface area contributed by atoms with Gasteiger partial charge in [-0.05, 0) is 24.0 Å². The monoisotopic (exact) mass is 323 g/mol. The van der Waals surface area contributed by atoms with Gasteiger partial charge in [0.05, 0.1) is 17.4 Å². The van der Waals surface area contributed by atoms with Crippen LogP contribution in [0.1, 0.15) is 27.2 Å². The number of piperidine rings is 1. The number of carboxylic acid groups (broad SMARTS) is 1. The molecule has 1 amide bonds. The van der Waals surface area contributed by atoms with E-state index in [1.165, 1.54) is 0 Å². The Kier molecular flexibility index (Phi) is 3.51. The smallest absolute Gasteiger partial charge is 0.407 e. The summed E-state index contributed by atoms with van der Waals surface area (Å²) in [6.45, 7) is 8.71. The van der Waals surface area contributed by atoms with E-state index in [1.54, 1.807) is 17.2 Å².